The predicted molar refractivity (Wildman–Crippen MR) is 73.7 cm³/mol. The van der Waals surface area contributed by atoms with Crippen molar-refractivity contribution in [1.82, 2.24) is 4.37 Å². The second-order valence-corrected chi connectivity index (χ2v) is 4.36. The minimum atomic E-state index is 0.441. The molecule has 0 atom stereocenters. The Kier molecular flexibility index (Phi) is 6.77. The van der Waals surface area contributed by atoms with Gasteiger partial charge in [0, 0.05) is 27.3 Å². The summed E-state index contributed by atoms with van der Waals surface area (Å²) >= 11 is 1.34. The van der Waals surface area contributed by atoms with Crippen LogP contribution in [0.3, 0.4) is 0 Å². The molecule has 104 valence electrons. The highest BCUT2D eigenvalue weighted by atomic mass is 32.1. The van der Waals surface area contributed by atoms with E-state index in [1.165, 1.54) is 11.5 Å². The summed E-state index contributed by atoms with van der Waals surface area (Å²) in [6, 6.07) is 0. The zero-order valence-corrected chi connectivity index (χ0v) is 12.0. The van der Waals surface area contributed by atoms with Gasteiger partial charge in [-0.05, 0) is 18.5 Å². The average molecular weight is 275 g/mol. The number of rotatable bonds is 9. The first kappa shape index (κ1) is 15.0. The molecule has 0 radical (unpaired) electrons. The second kappa shape index (κ2) is 8.12. The van der Waals surface area contributed by atoms with Gasteiger partial charge in [0.15, 0.2) is 16.6 Å². The van der Waals surface area contributed by atoms with Crippen molar-refractivity contribution in [2.75, 3.05) is 57.8 Å². The van der Waals surface area contributed by atoms with Crippen LogP contribution in [0.4, 0.5) is 10.8 Å². The Hall–Kier alpha value is -1.05. The molecule has 1 aromatic heterocycles. The summed E-state index contributed by atoms with van der Waals surface area (Å²) in [4.78, 5) is 2.12. The third-order valence-corrected chi connectivity index (χ3v) is 3.27. The summed E-state index contributed by atoms with van der Waals surface area (Å²) in [6.07, 6.45) is 0. The lowest BCUT2D eigenvalue weighted by Gasteiger charge is -2.23. The van der Waals surface area contributed by atoms with Gasteiger partial charge in [-0.2, -0.15) is 4.37 Å². The van der Waals surface area contributed by atoms with E-state index in [2.05, 4.69) is 9.27 Å². The Bertz CT molecular complexity index is 338. The summed E-state index contributed by atoms with van der Waals surface area (Å²) in [6.45, 7) is 5.26. The minimum Gasteiger partial charge on any atom is -0.487 e. The van der Waals surface area contributed by atoms with E-state index >= 15 is 0 Å². The molecule has 0 amide bonds. The first-order valence-electron chi connectivity index (χ1n) is 5.85. The third-order valence-electron chi connectivity index (χ3n) is 2.36. The van der Waals surface area contributed by atoms with Crippen molar-refractivity contribution in [3.8, 4) is 5.75 Å². The highest BCUT2D eigenvalue weighted by molar-refractivity contribution is 7.11. The molecule has 0 saturated carbocycles. The predicted octanol–water partition coefficient (Wildman–Crippen LogP) is 1.22. The number of anilines is 2. The van der Waals surface area contributed by atoms with Crippen LogP contribution in [0.25, 0.3) is 0 Å². The van der Waals surface area contributed by atoms with Crippen LogP contribution in [0.5, 0.6) is 5.75 Å². The molecule has 1 heterocycles. The highest BCUT2D eigenvalue weighted by Crippen LogP contribution is 2.38. The average Bonchev–Trinajstić information content (AvgIpc) is 2.72. The number of methoxy groups -OCH3 is 2. The maximum absolute atomic E-state index is 5.81. The molecule has 0 aromatic carbocycles. The van der Waals surface area contributed by atoms with Gasteiger partial charge in [0.25, 0.3) is 0 Å². The Labute approximate surface area is 112 Å². The van der Waals surface area contributed by atoms with E-state index in [9.17, 15) is 0 Å². The highest BCUT2D eigenvalue weighted by Gasteiger charge is 2.18. The van der Waals surface area contributed by atoms with Crippen LogP contribution >= 0.6 is 11.5 Å². The Balaban J connectivity index is 2.81. The van der Waals surface area contributed by atoms with Gasteiger partial charge in [0.2, 0.25) is 0 Å². The molecule has 2 N–H and O–H groups in total. The van der Waals surface area contributed by atoms with Gasteiger partial charge >= 0.3 is 0 Å². The van der Waals surface area contributed by atoms with Crippen LogP contribution in [0.15, 0.2) is 0 Å². The van der Waals surface area contributed by atoms with Crippen LogP contribution in [0.1, 0.15) is 6.92 Å². The van der Waals surface area contributed by atoms with Crippen molar-refractivity contribution in [1.29, 1.82) is 0 Å². The van der Waals surface area contributed by atoms with E-state index in [0.717, 1.165) is 18.1 Å². The lowest BCUT2D eigenvalue weighted by Crippen LogP contribution is -2.30. The maximum Gasteiger partial charge on any atom is 0.197 e. The Morgan fingerprint density at radius 1 is 1.22 bits per heavy atom. The summed E-state index contributed by atoms with van der Waals surface area (Å²) in [5.41, 5.74) is 5.81. The molecule has 0 aliphatic heterocycles. The quantitative estimate of drug-likeness (QED) is 0.731. The first-order chi connectivity index (χ1) is 8.74. The monoisotopic (exact) mass is 275 g/mol. The molecular formula is C11H21N3O3S. The number of nitrogens with zero attached hydrogens (tertiary/aromatic N) is 2. The lowest BCUT2D eigenvalue weighted by molar-refractivity contribution is 0.190. The van der Waals surface area contributed by atoms with E-state index in [1.54, 1.807) is 14.2 Å². The van der Waals surface area contributed by atoms with Crippen molar-refractivity contribution in [2.24, 2.45) is 0 Å². The van der Waals surface area contributed by atoms with E-state index < -0.39 is 0 Å². The molecule has 6 nitrogen and oxygen atoms in total. The molecule has 0 spiro atoms. The molecule has 0 saturated heterocycles. The standard InChI is InChI=1S/C11H21N3O3S/c1-4-17-9-10(12)13-18-11(9)14(5-7-15-2)6-8-16-3/h4-8H2,1-3H3,(H2,12,13). The summed E-state index contributed by atoms with van der Waals surface area (Å²) in [5, 5.41) is 0.934. The molecule has 0 aliphatic rings. The zero-order chi connectivity index (χ0) is 13.4. The molecule has 1 rings (SSSR count). The number of hydrogen-bond acceptors (Lipinski definition) is 7. The van der Waals surface area contributed by atoms with Crippen molar-refractivity contribution < 1.29 is 14.2 Å². The van der Waals surface area contributed by atoms with Crippen LogP contribution < -0.4 is 15.4 Å². The van der Waals surface area contributed by atoms with E-state index in [1.807, 2.05) is 6.92 Å². The number of ether oxygens (including phenoxy) is 3. The number of nitrogens with two attached hydrogens (primary N) is 1. The Morgan fingerprint density at radius 3 is 2.33 bits per heavy atom. The van der Waals surface area contributed by atoms with Crippen LogP contribution in [0, 0.1) is 0 Å². The van der Waals surface area contributed by atoms with Crippen molar-refractivity contribution >= 4 is 22.4 Å². The van der Waals surface area contributed by atoms with Gasteiger partial charge in [0.05, 0.1) is 19.8 Å². The lowest BCUT2D eigenvalue weighted by atomic mass is 10.4. The minimum absolute atomic E-state index is 0.441. The second-order valence-electron chi connectivity index (χ2n) is 3.61. The van der Waals surface area contributed by atoms with E-state index in [0.29, 0.717) is 31.4 Å². The largest absolute Gasteiger partial charge is 0.487 e. The summed E-state index contributed by atoms with van der Waals surface area (Å²) in [5.74, 6) is 1.10. The number of aromatic nitrogens is 1. The molecule has 0 unspecified atom stereocenters. The molecule has 18 heavy (non-hydrogen) atoms. The molecule has 1 aromatic rings. The Morgan fingerprint density at radius 2 is 1.83 bits per heavy atom. The van der Waals surface area contributed by atoms with E-state index in [-0.39, 0.29) is 0 Å². The number of nitrogen functional groups attached to an aromatic ring is 1. The summed E-state index contributed by atoms with van der Waals surface area (Å²) in [7, 11) is 3.36. The molecule has 0 bridgehead atoms. The van der Waals surface area contributed by atoms with Gasteiger partial charge < -0.3 is 24.8 Å². The maximum atomic E-state index is 5.81. The molecule has 0 aliphatic carbocycles. The van der Waals surface area contributed by atoms with Crippen molar-refractivity contribution in [3.63, 3.8) is 0 Å². The van der Waals surface area contributed by atoms with Crippen molar-refractivity contribution in [3.05, 3.63) is 0 Å². The van der Waals surface area contributed by atoms with Gasteiger partial charge in [-0.15, -0.1) is 0 Å². The van der Waals surface area contributed by atoms with Gasteiger partial charge in [-0.25, -0.2) is 0 Å². The molecule has 0 fully saturated rings. The van der Waals surface area contributed by atoms with Crippen LogP contribution in [0.2, 0.25) is 0 Å². The molecule has 7 heteroatoms. The number of hydrogen-bond donors (Lipinski definition) is 1. The summed E-state index contributed by atoms with van der Waals surface area (Å²) < 4.78 is 19.9. The van der Waals surface area contributed by atoms with Crippen molar-refractivity contribution in [2.45, 2.75) is 6.92 Å². The van der Waals surface area contributed by atoms with Gasteiger partial charge in [-0.1, -0.05) is 0 Å². The fourth-order valence-electron chi connectivity index (χ4n) is 1.48. The smallest absolute Gasteiger partial charge is 0.197 e. The third kappa shape index (κ3) is 4.01. The topological polar surface area (TPSA) is 69.8 Å². The zero-order valence-electron chi connectivity index (χ0n) is 11.1. The van der Waals surface area contributed by atoms with Crippen LogP contribution in [-0.2, 0) is 9.47 Å². The van der Waals surface area contributed by atoms with Gasteiger partial charge in [-0.3, -0.25) is 0 Å². The first-order valence-corrected chi connectivity index (χ1v) is 6.62. The fourth-order valence-corrected chi connectivity index (χ4v) is 2.30. The van der Waals surface area contributed by atoms with Gasteiger partial charge in [0.1, 0.15) is 0 Å². The normalized spacial score (nSPS) is 10.6. The van der Waals surface area contributed by atoms with Crippen LogP contribution in [-0.4, -0.2) is 51.5 Å². The fraction of sp³-hybridized carbons (Fsp3) is 0.727. The van der Waals surface area contributed by atoms with E-state index in [4.69, 9.17) is 19.9 Å². The SMILES string of the molecule is CCOc1c(N)nsc1N(CCOC)CCOC. The molecular weight excluding hydrogens is 254 g/mol.